The molecule has 0 atom stereocenters. The van der Waals surface area contributed by atoms with Gasteiger partial charge in [0.25, 0.3) is 0 Å². The molecule has 0 bridgehead atoms. The van der Waals surface area contributed by atoms with Crippen LogP contribution in [0.4, 0.5) is 13.2 Å². The Labute approximate surface area is 130 Å². The Bertz CT molecular complexity index is 557. The zero-order valence-corrected chi connectivity index (χ0v) is 12.1. The van der Waals surface area contributed by atoms with Crippen LogP contribution in [0.5, 0.6) is 0 Å². The van der Waals surface area contributed by atoms with Gasteiger partial charge in [0.05, 0.1) is 11.8 Å². The lowest BCUT2D eigenvalue weighted by Gasteiger charge is -2.05. The Kier molecular flexibility index (Phi) is 7.20. The van der Waals surface area contributed by atoms with E-state index in [9.17, 15) is 22.8 Å². The van der Waals surface area contributed by atoms with Gasteiger partial charge in [-0.15, -0.1) is 0 Å². The quantitative estimate of drug-likeness (QED) is 0.310. The Morgan fingerprint density at radius 2 is 1.65 bits per heavy atom. The molecule has 0 radical (unpaired) electrons. The molecule has 1 aromatic carbocycles. The van der Waals surface area contributed by atoms with Crippen molar-refractivity contribution in [2.24, 2.45) is 5.10 Å². The summed E-state index contributed by atoms with van der Waals surface area (Å²) < 4.78 is 37.1. The Hall–Kier alpha value is -2.42. The molecule has 126 valence electrons. The van der Waals surface area contributed by atoms with Gasteiger partial charge in [-0.2, -0.15) is 18.3 Å². The number of alkyl halides is 3. The monoisotopic (exact) mass is 331 g/mol. The SMILES string of the molecule is O=C(CCCCC(=O)N/N=C/c1ccc(C(F)(F)F)cc1)NO. The number of benzene rings is 1. The van der Waals surface area contributed by atoms with Crippen LogP contribution in [0.1, 0.15) is 36.8 Å². The molecule has 0 aliphatic rings. The molecule has 2 amide bonds. The van der Waals surface area contributed by atoms with E-state index in [4.69, 9.17) is 5.21 Å². The molecule has 9 heteroatoms. The smallest absolute Gasteiger partial charge is 0.289 e. The fourth-order valence-electron chi connectivity index (χ4n) is 1.62. The summed E-state index contributed by atoms with van der Waals surface area (Å²) in [6.07, 6.45) is -2.03. The van der Waals surface area contributed by atoms with E-state index in [-0.39, 0.29) is 18.7 Å². The van der Waals surface area contributed by atoms with E-state index < -0.39 is 17.6 Å². The summed E-state index contributed by atoms with van der Waals surface area (Å²) in [5.74, 6) is -0.900. The molecular formula is C14H16F3N3O3. The van der Waals surface area contributed by atoms with E-state index in [0.29, 0.717) is 18.4 Å². The van der Waals surface area contributed by atoms with E-state index in [2.05, 4.69) is 10.5 Å². The molecule has 1 rings (SSSR count). The molecule has 0 fully saturated rings. The zero-order valence-electron chi connectivity index (χ0n) is 12.1. The average Bonchev–Trinajstić information content (AvgIpc) is 2.51. The van der Waals surface area contributed by atoms with Crippen molar-refractivity contribution in [2.75, 3.05) is 0 Å². The molecule has 6 nitrogen and oxygen atoms in total. The van der Waals surface area contributed by atoms with Crippen LogP contribution in [0, 0.1) is 0 Å². The van der Waals surface area contributed by atoms with E-state index in [0.717, 1.165) is 12.1 Å². The standard InChI is InChI=1S/C14H16F3N3O3/c15-14(16,17)11-7-5-10(6-8-11)9-18-19-12(21)3-1-2-4-13(22)20-23/h5-9,23H,1-4H2,(H,19,21)(H,20,22)/b18-9+. The number of hydrogen-bond donors (Lipinski definition) is 3. The minimum absolute atomic E-state index is 0.110. The number of carbonyl (C=O) groups excluding carboxylic acids is 2. The van der Waals surface area contributed by atoms with Gasteiger partial charge in [-0.3, -0.25) is 14.8 Å². The van der Waals surface area contributed by atoms with E-state index >= 15 is 0 Å². The van der Waals surface area contributed by atoms with Gasteiger partial charge in [-0.05, 0) is 30.5 Å². The van der Waals surface area contributed by atoms with Crippen LogP contribution < -0.4 is 10.9 Å². The summed E-state index contributed by atoms with van der Waals surface area (Å²) in [5, 5.41) is 11.9. The molecule has 0 heterocycles. The largest absolute Gasteiger partial charge is 0.416 e. The summed E-state index contributed by atoms with van der Waals surface area (Å²) in [6.45, 7) is 0. The second-order valence-electron chi connectivity index (χ2n) is 4.66. The highest BCUT2D eigenvalue weighted by atomic mass is 19.4. The first-order chi connectivity index (χ1) is 10.8. The molecule has 0 spiro atoms. The summed E-state index contributed by atoms with van der Waals surface area (Å²) >= 11 is 0. The summed E-state index contributed by atoms with van der Waals surface area (Å²) in [7, 11) is 0. The molecule has 0 aromatic heterocycles. The van der Waals surface area contributed by atoms with Crippen molar-refractivity contribution in [3.8, 4) is 0 Å². The first-order valence-electron chi connectivity index (χ1n) is 6.75. The summed E-state index contributed by atoms with van der Waals surface area (Å²) in [4.78, 5) is 22.1. The number of halogens is 3. The molecule has 0 saturated heterocycles. The van der Waals surface area contributed by atoms with Crippen molar-refractivity contribution >= 4 is 18.0 Å². The third-order valence-corrected chi connectivity index (χ3v) is 2.82. The number of amides is 2. The number of nitrogens with one attached hydrogen (secondary N) is 2. The van der Waals surface area contributed by atoms with E-state index in [1.54, 1.807) is 0 Å². The second kappa shape index (κ2) is 8.89. The lowest BCUT2D eigenvalue weighted by atomic mass is 10.1. The maximum Gasteiger partial charge on any atom is 0.416 e. The van der Waals surface area contributed by atoms with Crippen LogP contribution >= 0.6 is 0 Å². The normalized spacial score (nSPS) is 11.5. The topological polar surface area (TPSA) is 90.8 Å². The Balaban J connectivity index is 2.32. The third kappa shape index (κ3) is 7.41. The van der Waals surface area contributed by atoms with Gasteiger partial charge in [0.1, 0.15) is 0 Å². The molecule has 3 N–H and O–H groups in total. The zero-order chi connectivity index (χ0) is 17.3. The first-order valence-corrected chi connectivity index (χ1v) is 6.75. The average molecular weight is 331 g/mol. The minimum Gasteiger partial charge on any atom is -0.289 e. The van der Waals surface area contributed by atoms with Gasteiger partial charge in [-0.25, -0.2) is 10.9 Å². The van der Waals surface area contributed by atoms with Crippen molar-refractivity contribution in [3.05, 3.63) is 35.4 Å². The van der Waals surface area contributed by atoms with Crippen molar-refractivity contribution in [1.82, 2.24) is 10.9 Å². The predicted octanol–water partition coefficient (Wildman–Crippen LogP) is 2.22. The number of nitrogens with zero attached hydrogens (tertiary/aromatic N) is 1. The van der Waals surface area contributed by atoms with Gasteiger partial charge >= 0.3 is 6.18 Å². The number of hydrogen-bond acceptors (Lipinski definition) is 4. The van der Waals surface area contributed by atoms with Gasteiger partial charge in [0, 0.05) is 12.8 Å². The third-order valence-electron chi connectivity index (χ3n) is 2.82. The van der Waals surface area contributed by atoms with Crippen LogP contribution in [-0.4, -0.2) is 23.2 Å². The fourth-order valence-corrected chi connectivity index (χ4v) is 1.62. The lowest BCUT2D eigenvalue weighted by Crippen LogP contribution is -2.19. The second-order valence-corrected chi connectivity index (χ2v) is 4.66. The van der Waals surface area contributed by atoms with Crippen LogP contribution in [0.2, 0.25) is 0 Å². The van der Waals surface area contributed by atoms with Gasteiger partial charge in [0.15, 0.2) is 0 Å². The highest BCUT2D eigenvalue weighted by molar-refractivity contribution is 5.82. The predicted molar refractivity (Wildman–Crippen MR) is 75.6 cm³/mol. The number of carbonyl (C=O) groups is 2. The highest BCUT2D eigenvalue weighted by Crippen LogP contribution is 2.28. The summed E-state index contributed by atoms with van der Waals surface area (Å²) in [5.41, 5.74) is 3.38. The van der Waals surface area contributed by atoms with Crippen LogP contribution in [-0.2, 0) is 15.8 Å². The van der Waals surface area contributed by atoms with E-state index in [1.165, 1.54) is 23.8 Å². The number of hydrazone groups is 1. The maximum absolute atomic E-state index is 12.4. The van der Waals surface area contributed by atoms with Crippen LogP contribution in [0.25, 0.3) is 0 Å². The van der Waals surface area contributed by atoms with Crippen molar-refractivity contribution < 1.29 is 28.0 Å². The van der Waals surface area contributed by atoms with Crippen molar-refractivity contribution in [3.63, 3.8) is 0 Å². The van der Waals surface area contributed by atoms with Gasteiger partial charge < -0.3 is 0 Å². The lowest BCUT2D eigenvalue weighted by molar-refractivity contribution is -0.137. The highest BCUT2D eigenvalue weighted by Gasteiger charge is 2.29. The minimum atomic E-state index is -4.39. The Morgan fingerprint density at radius 1 is 1.09 bits per heavy atom. The molecule has 0 saturated carbocycles. The molecule has 0 aliphatic carbocycles. The van der Waals surface area contributed by atoms with Crippen molar-refractivity contribution in [2.45, 2.75) is 31.9 Å². The molecule has 23 heavy (non-hydrogen) atoms. The number of rotatable bonds is 7. The number of unbranched alkanes of at least 4 members (excludes halogenated alkanes) is 1. The van der Waals surface area contributed by atoms with Gasteiger partial charge in [0.2, 0.25) is 11.8 Å². The molecule has 0 unspecified atom stereocenters. The molecule has 0 aliphatic heterocycles. The fraction of sp³-hybridized carbons (Fsp3) is 0.357. The maximum atomic E-state index is 12.4. The number of hydroxylamine groups is 1. The summed E-state index contributed by atoms with van der Waals surface area (Å²) in [6, 6.07) is 4.34. The van der Waals surface area contributed by atoms with E-state index in [1.807, 2.05) is 0 Å². The van der Waals surface area contributed by atoms with Crippen molar-refractivity contribution in [1.29, 1.82) is 0 Å². The first kappa shape index (κ1) is 18.6. The van der Waals surface area contributed by atoms with Gasteiger partial charge in [-0.1, -0.05) is 12.1 Å². The van der Waals surface area contributed by atoms with Crippen LogP contribution in [0.3, 0.4) is 0 Å². The van der Waals surface area contributed by atoms with Crippen LogP contribution in [0.15, 0.2) is 29.4 Å². The molecular weight excluding hydrogens is 315 g/mol. The molecule has 1 aromatic rings. The Morgan fingerprint density at radius 3 is 2.17 bits per heavy atom.